The molecule has 1 aliphatic heterocycles. The van der Waals surface area contributed by atoms with Gasteiger partial charge in [0.05, 0.1) is 32.5 Å². The van der Waals surface area contributed by atoms with Crippen molar-refractivity contribution in [3.63, 3.8) is 0 Å². The molecule has 3 aliphatic rings. The molecule has 10 heteroatoms. The molecule has 2 saturated carbocycles. The molecular weight excluding hydrogens is 561 g/mol. The first-order valence-electron chi connectivity index (χ1n) is 14.2. The number of hydrogen-bond donors (Lipinski definition) is 3. The molecule has 0 radical (unpaired) electrons. The van der Waals surface area contributed by atoms with Crippen LogP contribution in [0.15, 0.2) is 36.4 Å². The van der Waals surface area contributed by atoms with Gasteiger partial charge in [0.15, 0.2) is 5.82 Å². The number of hydrogen-bond acceptors (Lipinski definition) is 5. The Labute approximate surface area is 250 Å². The lowest BCUT2D eigenvalue weighted by Crippen LogP contribution is -2.34. The van der Waals surface area contributed by atoms with Gasteiger partial charge in [-0.1, -0.05) is 47.5 Å². The zero-order valence-electron chi connectivity index (χ0n) is 23.4. The summed E-state index contributed by atoms with van der Waals surface area (Å²) in [7, 11) is 3.70. The third kappa shape index (κ3) is 4.90. The fraction of sp³-hybridized carbons (Fsp3) is 0.452. The van der Waals surface area contributed by atoms with Gasteiger partial charge >= 0.3 is 5.97 Å². The van der Waals surface area contributed by atoms with E-state index in [9.17, 15) is 14.7 Å². The van der Waals surface area contributed by atoms with Crippen LogP contribution in [0.25, 0.3) is 11.1 Å². The third-order valence-corrected chi connectivity index (χ3v) is 10.6. The van der Waals surface area contributed by atoms with Crippen LogP contribution in [0.2, 0.25) is 10.0 Å². The van der Waals surface area contributed by atoms with Crippen molar-refractivity contribution < 1.29 is 14.7 Å². The lowest BCUT2D eigenvalue weighted by Gasteiger charge is -2.32. The molecular formula is C31H35Cl2N5O3. The molecule has 0 saturated heterocycles. The quantitative estimate of drug-likeness (QED) is 0.276. The maximum atomic E-state index is 13.4. The van der Waals surface area contributed by atoms with E-state index in [1.54, 1.807) is 6.07 Å². The number of halogens is 2. The number of carbonyl (C=O) groups excluding carboxylic acids is 1. The number of aliphatic carboxylic acids is 1. The molecule has 2 heterocycles. The predicted octanol–water partition coefficient (Wildman–Crippen LogP) is 6.47. The van der Waals surface area contributed by atoms with Gasteiger partial charge in [0.1, 0.15) is 0 Å². The second-order valence-electron chi connectivity index (χ2n) is 12.0. The topological polar surface area (TPSA) is 99.5 Å². The molecule has 8 nitrogen and oxygen atoms in total. The SMILES string of the molecule is CNc1cccc(-c2cccc(NC(=O)c3nc4c(n3C)CCN(CCC35CCC(C(=O)O)(CC3)C5)C4)c2Cl)c1Cl. The Morgan fingerprint density at radius 3 is 2.32 bits per heavy atom. The average molecular weight is 597 g/mol. The van der Waals surface area contributed by atoms with Crippen LogP contribution in [0.4, 0.5) is 11.4 Å². The molecule has 3 N–H and O–H groups in total. The third-order valence-electron chi connectivity index (χ3n) is 9.74. The van der Waals surface area contributed by atoms with Crippen molar-refractivity contribution in [2.24, 2.45) is 17.9 Å². The van der Waals surface area contributed by atoms with E-state index in [-0.39, 0.29) is 11.3 Å². The summed E-state index contributed by atoms with van der Waals surface area (Å²) in [5.74, 6) is -0.577. The Hall–Kier alpha value is -3.07. The number of rotatable bonds is 8. The standard InChI is InChI=1S/C31H35Cl2N5O3/c1-34-21-7-3-5-19(25(21)32)20-6-4-8-22(26(20)33)36-28(39)27-35-23-17-38(15-9-24(23)37(27)2)16-14-30-10-12-31(18-30,13-11-30)29(40)41/h3-8,34H,9-18H2,1-2H3,(H,36,39)(H,40,41). The van der Waals surface area contributed by atoms with Crippen molar-refractivity contribution in [3.05, 3.63) is 63.7 Å². The van der Waals surface area contributed by atoms with E-state index in [0.717, 1.165) is 86.2 Å². The number of fused-ring (bicyclic) bond motifs is 3. The fourth-order valence-corrected chi connectivity index (χ4v) is 7.87. The summed E-state index contributed by atoms with van der Waals surface area (Å²) >= 11 is 13.4. The van der Waals surface area contributed by atoms with Crippen LogP contribution in [-0.4, -0.2) is 51.6 Å². The highest BCUT2D eigenvalue weighted by Crippen LogP contribution is 2.63. The Kier molecular flexibility index (Phi) is 7.29. The molecule has 41 heavy (non-hydrogen) atoms. The minimum absolute atomic E-state index is 0.167. The van der Waals surface area contributed by atoms with E-state index in [0.29, 0.717) is 28.1 Å². The van der Waals surface area contributed by atoms with Gasteiger partial charge in [-0.25, -0.2) is 4.98 Å². The first kappa shape index (κ1) is 28.1. The number of amides is 1. The molecule has 2 aromatic carbocycles. The molecule has 3 aromatic rings. The zero-order valence-corrected chi connectivity index (χ0v) is 24.9. The van der Waals surface area contributed by atoms with Crippen LogP contribution >= 0.6 is 23.2 Å². The number of anilines is 2. The number of nitrogens with one attached hydrogen (secondary N) is 2. The largest absolute Gasteiger partial charge is 0.481 e. The zero-order chi connectivity index (χ0) is 28.9. The van der Waals surface area contributed by atoms with Crippen LogP contribution in [0.1, 0.15) is 60.5 Å². The van der Waals surface area contributed by atoms with Gasteiger partial charge in [0, 0.05) is 50.4 Å². The molecule has 216 valence electrons. The summed E-state index contributed by atoms with van der Waals surface area (Å²) in [4.78, 5) is 32.4. The molecule has 2 bridgehead atoms. The Morgan fingerprint density at radius 2 is 1.68 bits per heavy atom. The van der Waals surface area contributed by atoms with Crippen molar-refractivity contribution in [1.82, 2.24) is 14.5 Å². The van der Waals surface area contributed by atoms with Gasteiger partial charge in [0.2, 0.25) is 0 Å². The van der Waals surface area contributed by atoms with E-state index in [4.69, 9.17) is 28.2 Å². The smallest absolute Gasteiger partial charge is 0.309 e. The van der Waals surface area contributed by atoms with Crippen LogP contribution in [0.5, 0.6) is 0 Å². The van der Waals surface area contributed by atoms with E-state index >= 15 is 0 Å². The van der Waals surface area contributed by atoms with Gasteiger partial charge in [-0.3, -0.25) is 14.5 Å². The van der Waals surface area contributed by atoms with E-state index < -0.39 is 11.4 Å². The highest BCUT2D eigenvalue weighted by molar-refractivity contribution is 6.39. The van der Waals surface area contributed by atoms with Crippen molar-refractivity contribution in [3.8, 4) is 11.1 Å². The molecule has 1 aromatic heterocycles. The first-order chi connectivity index (χ1) is 19.7. The predicted molar refractivity (Wildman–Crippen MR) is 162 cm³/mol. The summed E-state index contributed by atoms with van der Waals surface area (Å²) in [5, 5.41) is 16.8. The van der Waals surface area contributed by atoms with E-state index in [1.807, 2.05) is 49.0 Å². The Balaban J connectivity index is 1.15. The highest BCUT2D eigenvalue weighted by Gasteiger charge is 2.57. The number of carboxylic acid groups (broad SMARTS) is 1. The van der Waals surface area contributed by atoms with Gasteiger partial charge in [-0.05, 0) is 62.6 Å². The average Bonchev–Trinajstić information content (AvgIpc) is 3.64. The maximum Gasteiger partial charge on any atom is 0.309 e. The van der Waals surface area contributed by atoms with Crippen LogP contribution in [0, 0.1) is 10.8 Å². The number of imidazole rings is 1. The maximum absolute atomic E-state index is 13.4. The van der Waals surface area contributed by atoms with E-state index in [1.165, 1.54) is 0 Å². The normalized spacial score (nSPS) is 23.4. The molecule has 2 aliphatic carbocycles. The minimum atomic E-state index is -0.612. The molecule has 0 spiro atoms. The molecule has 0 unspecified atom stereocenters. The van der Waals surface area contributed by atoms with Gasteiger partial charge in [0.25, 0.3) is 5.91 Å². The first-order valence-corrected chi connectivity index (χ1v) is 15.0. The number of benzene rings is 2. The Morgan fingerprint density at radius 1 is 1.02 bits per heavy atom. The summed E-state index contributed by atoms with van der Waals surface area (Å²) < 4.78 is 1.89. The number of aromatic nitrogens is 2. The van der Waals surface area contributed by atoms with Crippen molar-refractivity contribution in [2.45, 2.75) is 51.5 Å². The fourth-order valence-electron chi connectivity index (χ4n) is 7.28. The lowest BCUT2D eigenvalue weighted by molar-refractivity contribution is -0.148. The van der Waals surface area contributed by atoms with Crippen molar-refractivity contribution >= 4 is 46.5 Å². The minimum Gasteiger partial charge on any atom is -0.481 e. The highest BCUT2D eigenvalue weighted by atomic mass is 35.5. The van der Waals surface area contributed by atoms with Crippen LogP contribution in [0.3, 0.4) is 0 Å². The second-order valence-corrected chi connectivity index (χ2v) is 12.7. The summed E-state index contributed by atoms with van der Waals surface area (Å²) in [6, 6.07) is 11.2. The second kappa shape index (κ2) is 10.6. The molecule has 0 atom stereocenters. The Bertz CT molecular complexity index is 1530. The molecule has 1 amide bonds. The lowest BCUT2D eigenvalue weighted by atomic mass is 9.80. The molecule has 2 fully saturated rings. The number of nitrogens with zero attached hydrogens (tertiary/aromatic N) is 3. The molecule has 6 rings (SSSR count). The van der Waals surface area contributed by atoms with Gasteiger partial charge < -0.3 is 20.3 Å². The van der Waals surface area contributed by atoms with Crippen molar-refractivity contribution in [1.29, 1.82) is 0 Å². The van der Waals surface area contributed by atoms with Crippen molar-refractivity contribution in [2.75, 3.05) is 30.8 Å². The van der Waals surface area contributed by atoms with Crippen LogP contribution < -0.4 is 10.6 Å². The van der Waals surface area contributed by atoms with Crippen LogP contribution in [-0.2, 0) is 24.8 Å². The number of carboxylic acids is 1. The van der Waals surface area contributed by atoms with E-state index in [2.05, 4.69) is 15.5 Å². The summed E-state index contributed by atoms with van der Waals surface area (Å²) in [5.41, 5.74) is 4.47. The monoisotopic (exact) mass is 595 g/mol. The van der Waals surface area contributed by atoms with Gasteiger partial charge in [-0.15, -0.1) is 0 Å². The summed E-state index contributed by atoms with van der Waals surface area (Å²) in [6.07, 6.45) is 6.31. The summed E-state index contributed by atoms with van der Waals surface area (Å²) in [6.45, 7) is 2.51. The number of carbonyl (C=O) groups is 2. The van der Waals surface area contributed by atoms with Gasteiger partial charge in [-0.2, -0.15) is 0 Å².